The number of halogens is 1. The van der Waals surface area contributed by atoms with E-state index in [2.05, 4.69) is 57.6 Å². The van der Waals surface area contributed by atoms with Crippen molar-refractivity contribution < 1.29 is 4.74 Å². The van der Waals surface area contributed by atoms with Gasteiger partial charge in [0.15, 0.2) is 0 Å². The van der Waals surface area contributed by atoms with E-state index in [0.29, 0.717) is 6.54 Å². The molecule has 0 unspecified atom stereocenters. The molecular weight excluding hydrogens is 456 g/mol. The molecule has 0 saturated heterocycles. The Labute approximate surface area is 190 Å². The largest absolute Gasteiger partial charge is 0.496 e. The lowest BCUT2D eigenvalue weighted by molar-refractivity contribution is 0.240. The Morgan fingerprint density at radius 1 is 1.23 bits per heavy atom. The van der Waals surface area contributed by atoms with Gasteiger partial charge in [0.1, 0.15) is 11.6 Å². The van der Waals surface area contributed by atoms with Gasteiger partial charge in [0, 0.05) is 47.7 Å². The van der Waals surface area contributed by atoms with Gasteiger partial charge in [-0.05, 0) is 29.8 Å². The molecule has 7 heteroatoms. The molecule has 1 N–H and O–H groups in total. The fraction of sp³-hybridized carbons (Fsp3) is 0.375. The molecule has 0 amide bonds. The summed E-state index contributed by atoms with van der Waals surface area (Å²) >= 11 is 3.51. The molecule has 4 rings (SSSR count). The lowest BCUT2D eigenvalue weighted by atomic mass is 9.95. The highest BCUT2D eigenvalue weighted by Crippen LogP contribution is 2.31. The molecule has 162 valence electrons. The molecule has 0 atom stereocenters. The van der Waals surface area contributed by atoms with E-state index >= 15 is 0 Å². The second-order valence-corrected chi connectivity index (χ2v) is 9.86. The minimum absolute atomic E-state index is 0.0187. The van der Waals surface area contributed by atoms with E-state index in [1.54, 1.807) is 7.11 Å². The van der Waals surface area contributed by atoms with Gasteiger partial charge in [-0.15, -0.1) is 0 Å². The summed E-state index contributed by atoms with van der Waals surface area (Å²) in [5, 5.41) is 0. The van der Waals surface area contributed by atoms with E-state index in [1.165, 1.54) is 0 Å². The molecule has 1 aliphatic heterocycles. The van der Waals surface area contributed by atoms with Crippen molar-refractivity contribution in [3.63, 3.8) is 0 Å². The fourth-order valence-electron chi connectivity index (χ4n) is 3.79. The van der Waals surface area contributed by atoms with Crippen molar-refractivity contribution in [2.75, 3.05) is 13.7 Å². The first-order chi connectivity index (χ1) is 14.7. The molecule has 1 aromatic carbocycles. The minimum Gasteiger partial charge on any atom is -0.496 e. The molecule has 31 heavy (non-hydrogen) atoms. The Balaban J connectivity index is 1.51. The molecule has 0 bridgehead atoms. The number of hydrogen-bond acceptors (Lipinski definition) is 5. The van der Waals surface area contributed by atoms with Crippen LogP contribution in [0.1, 0.15) is 43.4 Å². The molecule has 0 radical (unpaired) electrons. The number of ether oxygens (including phenoxy) is 1. The second-order valence-electron chi connectivity index (χ2n) is 8.95. The summed E-state index contributed by atoms with van der Waals surface area (Å²) in [5.41, 5.74) is 4.44. The summed E-state index contributed by atoms with van der Waals surface area (Å²) in [6.07, 6.45) is 2.68. The van der Waals surface area contributed by atoms with Crippen LogP contribution in [0.4, 0.5) is 0 Å². The van der Waals surface area contributed by atoms with Crippen LogP contribution in [0.15, 0.2) is 45.8 Å². The van der Waals surface area contributed by atoms with Crippen molar-refractivity contribution in [3.8, 4) is 17.0 Å². The Hall–Kier alpha value is -2.51. The molecule has 0 aliphatic carbocycles. The van der Waals surface area contributed by atoms with E-state index < -0.39 is 0 Å². The topological polar surface area (TPSA) is 71.1 Å². The molecular formula is C24H27BrN4O2. The van der Waals surface area contributed by atoms with Crippen LogP contribution in [-0.2, 0) is 24.9 Å². The number of methoxy groups -OCH3 is 1. The number of nitrogens with one attached hydrogen (secondary N) is 1. The third kappa shape index (κ3) is 4.72. The first kappa shape index (κ1) is 21.7. The van der Waals surface area contributed by atoms with Gasteiger partial charge in [0.25, 0.3) is 5.56 Å². The average Bonchev–Trinajstić information content (AvgIpc) is 2.74. The summed E-state index contributed by atoms with van der Waals surface area (Å²) in [6, 6.07) is 9.99. The Kier molecular flexibility index (Phi) is 5.99. The third-order valence-corrected chi connectivity index (χ3v) is 6.02. The molecule has 3 heterocycles. The molecule has 0 fully saturated rings. The van der Waals surface area contributed by atoms with Gasteiger partial charge < -0.3 is 9.72 Å². The molecule has 0 spiro atoms. The SMILES string of the molecule is COc1ccc(Br)cc1-c1ccc(CN2CCc3nc(C(C)(C)C)[nH]c(=O)c3C2)cn1. The van der Waals surface area contributed by atoms with Crippen molar-refractivity contribution in [1.29, 1.82) is 0 Å². The summed E-state index contributed by atoms with van der Waals surface area (Å²) in [4.78, 5) is 27.3. The van der Waals surface area contributed by atoms with Gasteiger partial charge in [-0.1, -0.05) is 42.8 Å². The van der Waals surface area contributed by atoms with Crippen molar-refractivity contribution in [2.24, 2.45) is 0 Å². The van der Waals surface area contributed by atoms with Crippen LogP contribution < -0.4 is 10.3 Å². The maximum atomic E-state index is 12.7. The van der Waals surface area contributed by atoms with Crippen molar-refractivity contribution in [2.45, 2.75) is 45.7 Å². The fourth-order valence-corrected chi connectivity index (χ4v) is 4.15. The van der Waals surface area contributed by atoms with E-state index in [0.717, 1.165) is 63.6 Å². The van der Waals surface area contributed by atoms with E-state index in [9.17, 15) is 4.79 Å². The normalized spacial score (nSPS) is 14.4. The van der Waals surface area contributed by atoms with Gasteiger partial charge in [0.2, 0.25) is 0 Å². The van der Waals surface area contributed by atoms with Gasteiger partial charge in [-0.25, -0.2) is 4.98 Å². The standard InChI is InChI=1S/C24H27BrN4O2/c1-24(2,3)23-27-20-9-10-29(14-18(20)22(30)28-23)13-15-5-7-19(26-12-15)17-11-16(25)6-8-21(17)31-4/h5-8,11-12H,9-10,13-14H2,1-4H3,(H,27,28,30). The highest BCUT2D eigenvalue weighted by molar-refractivity contribution is 9.10. The van der Waals surface area contributed by atoms with Crippen LogP contribution >= 0.6 is 15.9 Å². The minimum atomic E-state index is -0.171. The van der Waals surface area contributed by atoms with Crippen molar-refractivity contribution >= 4 is 15.9 Å². The second kappa shape index (κ2) is 8.55. The van der Waals surface area contributed by atoms with Gasteiger partial charge in [-0.2, -0.15) is 0 Å². The van der Waals surface area contributed by atoms with E-state index in [-0.39, 0.29) is 11.0 Å². The summed E-state index contributed by atoms with van der Waals surface area (Å²) < 4.78 is 6.45. The lowest BCUT2D eigenvalue weighted by Crippen LogP contribution is -2.37. The molecule has 6 nitrogen and oxygen atoms in total. The number of rotatable bonds is 4. The van der Waals surface area contributed by atoms with Crippen LogP contribution in [0.3, 0.4) is 0 Å². The first-order valence-electron chi connectivity index (χ1n) is 10.4. The predicted octanol–water partition coefficient (Wildman–Crippen LogP) is 4.46. The van der Waals surface area contributed by atoms with Crippen LogP contribution in [-0.4, -0.2) is 33.5 Å². The number of nitrogens with zero attached hydrogens (tertiary/aromatic N) is 3. The van der Waals surface area contributed by atoms with Crippen LogP contribution in [0.25, 0.3) is 11.3 Å². The maximum Gasteiger partial charge on any atom is 0.255 e. The monoisotopic (exact) mass is 482 g/mol. The third-order valence-electron chi connectivity index (χ3n) is 5.53. The Bertz CT molecular complexity index is 1150. The zero-order chi connectivity index (χ0) is 22.2. The first-order valence-corrected chi connectivity index (χ1v) is 11.2. The van der Waals surface area contributed by atoms with Gasteiger partial charge in [0.05, 0.1) is 24.1 Å². The highest BCUT2D eigenvalue weighted by Gasteiger charge is 2.24. The van der Waals surface area contributed by atoms with E-state index in [1.807, 2.05) is 30.5 Å². The molecule has 1 aliphatic rings. The van der Waals surface area contributed by atoms with Gasteiger partial charge >= 0.3 is 0 Å². The maximum absolute atomic E-state index is 12.7. The van der Waals surface area contributed by atoms with Crippen molar-refractivity contribution in [3.05, 3.63) is 74.0 Å². The number of aromatic nitrogens is 3. The number of fused-ring (bicyclic) bond motifs is 1. The zero-order valence-electron chi connectivity index (χ0n) is 18.3. The quantitative estimate of drug-likeness (QED) is 0.594. The molecule has 0 saturated carbocycles. The van der Waals surface area contributed by atoms with Crippen LogP contribution in [0, 0.1) is 0 Å². The van der Waals surface area contributed by atoms with Gasteiger partial charge in [-0.3, -0.25) is 14.7 Å². The number of benzene rings is 1. The molecule has 3 aromatic rings. The Morgan fingerprint density at radius 3 is 2.71 bits per heavy atom. The number of aromatic amines is 1. The van der Waals surface area contributed by atoms with Crippen LogP contribution in [0.5, 0.6) is 5.75 Å². The average molecular weight is 483 g/mol. The zero-order valence-corrected chi connectivity index (χ0v) is 19.9. The summed E-state index contributed by atoms with van der Waals surface area (Å²) in [5.74, 6) is 1.55. The van der Waals surface area contributed by atoms with E-state index in [4.69, 9.17) is 9.72 Å². The number of pyridine rings is 1. The number of H-pyrrole nitrogens is 1. The lowest BCUT2D eigenvalue weighted by Gasteiger charge is -2.29. The predicted molar refractivity (Wildman–Crippen MR) is 125 cm³/mol. The van der Waals surface area contributed by atoms with Crippen LogP contribution in [0.2, 0.25) is 0 Å². The molecule has 2 aromatic heterocycles. The summed E-state index contributed by atoms with van der Waals surface area (Å²) in [6.45, 7) is 8.40. The highest BCUT2D eigenvalue weighted by atomic mass is 79.9. The number of hydrogen-bond donors (Lipinski definition) is 1. The smallest absolute Gasteiger partial charge is 0.255 e. The summed E-state index contributed by atoms with van der Waals surface area (Å²) in [7, 11) is 1.66. The van der Waals surface area contributed by atoms with Crippen molar-refractivity contribution in [1.82, 2.24) is 19.9 Å². The Morgan fingerprint density at radius 2 is 2.03 bits per heavy atom.